The van der Waals surface area contributed by atoms with Gasteiger partial charge in [-0.1, -0.05) is 5.16 Å². The Hall–Kier alpha value is -0.870. The number of aryl methyl sites for hydroxylation is 2. The molecule has 1 aromatic heterocycles. The maximum absolute atomic E-state index is 6.10. The first-order valence-corrected chi connectivity index (χ1v) is 7.56. The van der Waals surface area contributed by atoms with Crippen molar-refractivity contribution in [2.24, 2.45) is 0 Å². The molecule has 1 N–H and O–H groups in total. The molecule has 4 nitrogen and oxygen atoms in total. The lowest BCUT2D eigenvalue weighted by molar-refractivity contribution is -0.0697. The van der Waals surface area contributed by atoms with Crippen LogP contribution in [0.4, 0.5) is 0 Å². The van der Waals surface area contributed by atoms with Gasteiger partial charge in [0.25, 0.3) is 0 Å². The van der Waals surface area contributed by atoms with Crippen molar-refractivity contribution in [2.75, 3.05) is 6.54 Å². The van der Waals surface area contributed by atoms with Crippen LogP contribution in [0, 0.1) is 13.8 Å². The van der Waals surface area contributed by atoms with E-state index in [-0.39, 0.29) is 11.2 Å². The lowest BCUT2D eigenvalue weighted by Crippen LogP contribution is -2.43. The molecule has 0 radical (unpaired) electrons. The summed E-state index contributed by atoms with van der Waals surface area (Å²) in [5, 5.41) is 7.65. The standard InChI is InChI=1S/C16H28N2O2/c1-11-13(12(2)19-18-11)8-7-9-17-14-10-15(3,4)20-16(14,5)6/h14,17H,7-10H2,1-6H3/t14-/m1/s1. The molecular weight excluding hydrogens is 252 g/mol. The summed E-state index contributed by atoms with van der Waals surface area (Å²) in [6, 6.07) is 0.419. The predicted octanol–water partition coefficient (Wildman–Crippen LogP) is 3.16. The molecule has 0 amide bonds. The van der Waals surface area contributed by atoms with Gasteiger partial charge in [-0.2, -0.15) is 0 Å². The largest absolute Gasteiger partial charge is 0.368 e. The van der Waals surface area contributed by atoms with E-state index in [2.05, 4.69) is 38.2 Å². The Morgan fingerprint density at radius 2 is 1.95 bits per heavy atom. The minimum Gasteiger partial charge on any atom is -0.368 e. The lowest BCUT2D eigenvalue weighted by Gasteiger charge is -2.27. The van der Waals surface area contributed by atoms with Crippen LogP contribution < -0.4 is 5.32 Å². The van der Waals surface area contributed by atoms with Gasteiger partial charge in [0.1, 0.15) is 5.76 Å². The summed E-state index contributed by atoms with van der Waals surface area (Å²) in [4.78, 5) is 0. The van der Waals surface area contributed by atoms with E-state index in [1.54, 1.807) is 0 Å². The molecule has 20 heavy (non-hydrogen) atoms. The fourth-order valence-electron chi connectivity index (χ4n) is 3.28. The molecule has 1 aliphatic rings. The molecule has 0 bridgehead atoms. The average molecular weight is 280 g/mol. The highest BCUT2D eigenvalue weighted by molar-refractivity contribution is 5.20. The Kier molecular flexibility index (Phi) is 4.26. The minimum absolute atomic E-state index is 0.0250. The molecule has 1 atom stereocenters. The highest BCUT2D eigenvalue weighted by Gasteiger charge is 2.45. The van der Waals surface area contributed by atoms with Gasteiger partial charge < -0.3 is 14.6 Å². The van der Waals surface area contributed by atoms with Crippen LogP contribution in [-0.2, 0) is 11.2 Å². The van der Waals surface area contributed by atoms with Gasteiger partial charge in [0.05, 0.1) is 16.9 Å². The number of nitrogens with one attached hydrogen (secondary N) is 1. The maximum Gasteiger partial charge on any atom is 0.137 e. The van der Waals surface area contributed by atoms with Gasteiger partial charge in [0.2, 0.25) is 0 Å². The van der Waals surface area contributed by atoms with Crippen LogP contribution in [0.2, 0.25) is 0 Å². The van der Waals surface area contributed by atoms with Crippen LogP contribution in [-0.4, -0.2) is 28.9 Å². The van der Waals surface area contributed by atoms with Gasteiger partial charge >= 0.3 is 0 Å². The van der Waals surface area contributed by atoms with Crippen molar-refractivity contribution in [3.05, 3.63) is 17.0 Å². The third-order valence-electron chi connectivity index (χ3n) is 4.25. The molecule has 0 spiro atoms. The molecule has 2 rings (SSSR count). The van der Waals surface area contributed by atoms with Gasteiger partial charge in [0, 0.05) is 11.6 Å². The normalized spacial score (nSPS) is 24.2. The van der Waals surface area contributed by atoms with Crippen molar-refractivity contribution in [3.8, 4) is 0 Å². The van der Waals surface area contributed by atoms with Crippen LogP contribution in [0.15, 0.2) is 4.52 Å². The molecular formula is C16H28N2O2. The molecule has 4 heteroatoms. The van der Waals surface area contributed by atoms with E-state index in [0.29, 0.717) is 6.04 Å². The maximum atomic E-state index is 6.10. The van der Waals surface area contributed by atoms with Gasteiger partial charge in [-0.05, 0) is 67.3 Å². The Labute approximate surface area is 122 Å². The Morgan fingerprint density at radius 3 is 2.45 bits per heavy atom. The molecule has 1 fully saturated rings. The summed E-state index contributed by atoms with van der Waals surface area (Å²) in [7, 11) is 0. The van der Waals surface area contributed by atoms with E-state index in [1.165, 1.54) is 5.56 Å². The van der Waals surface area contributed by atoms with Gasteiger partial charge in [-0.25, -0.2) is 0 Å². The summed E-state index contributed by atoms with van der Waals surface area (Å²) in [5.74, 6) is 0.952. The summed E-state index contributed by atoms with van der Waals surface area (Å²) < 4.78 is 11.3. The number of ether oxygens (including phenoxy) is 1. The average Bonchev–Trinajstić information content (AvgIpc) is 2.72. The van der Waals surface area contributed by atoms with Gasteiger partial charge in [-0.15, -0.1) is 0 Å². The third kappa shape index (κ3) is 3.41. The first-order valence-electron chi connectivity index (χ1n) is 7.56. The number of aromatic nitrogens is 1. The topological polar surface area (TPSA) is 47.3 Å². The highest BCUT2D eigenvalue weighted by atomic mass is 16.5. The van der Waals surface area contributed by atoms with Crippen molar-refractivity contribution in [3.63, 3.8) is 0 Å². The van der Waals surface area contributed by atoms with Crippen molar-refractivity contribution < 1.29 is 9.26 Å². The summed E-state index contributed by atoms with van der Waals surface area (Å²) in [5.41, 5.74) is 2.16. The number of rotatable bonds is 5. The second-order valence-corrected chi connectivity index (χ2v) is 7.08. The minimum atomic E-state index is -0.0907. The number of hydrogen-bond acceptors (Lipinski definition) is 4. The van der Waals surface area contributed by atoms with Crippen LogP contribution in [0.25, 0.3) is 0 Å². The Morgan fingerprint density at radius 1 is 1.25 bits per heavy atom. The Bertz CT molecular complexity index is 444. The molecule has 2 heterocycles. The number of hydrogen-bond donors (Lipinski definition) is 1. The van der Waals surface area contributed by atoms with E-state index >= 15 is 0 Å². The van der Waals surface area contributed by atoms with E-state index in [4.69, 9.17) is 9.26 Å². The molecule has 0 unspecified atom stereocenters. The fourth-order valence-corrected chi connectivity index (χ4v) is 3.28. The fraction of sp³-hybridized carbons (Fsp3) is 0.812. The summed E-state index contributed by atoms with van der Waals surface area (Å²) in [6.45, 7) is 13.7. The first kappa shape index (κ1) is 15.5. The molecule has 1 aliphatic heterocycles. The molecule has 0 saturated carbocycles. The lowest BCUT2D eigenvalue weighted by atomic mass is 9.94. The second kappa shape index (κ2) is 5.49. The van der Waals surface area contributed by atoms with Gasteiger partial charge in [-0.3, -0.25) is 0 Å². The second-order valence-electron chi connectivity index (χ2n) is 7.08. The van der Waals surface area contributed by atoms with Gasteiger partial charge in [0.15, 0.2) is 0 Å². The summed E-state index contributed by atoms with van der Waals surface area (Å²) in [6.07, 6.45) is 3.17. The van der Waals surface area contributed by atoms with Crippen molar-refractivity contribution in [1.82, 2.24) is 10.5 Å². The monoisotopic (exact) mass is 280 g/mol. The molecule has 0 aliphatic carbocycles. The molecule has 1 aromatic rings. The molecule has 1 saturated heterocycles. The van der Waals surface area contributed by atoms with Crippen molar-refractivity contribution in [2.45, 2.75) is 78.0 Å². The van der Waals surface area contributed by atoms with Crippen molar-refractivity contribution >= 4 is 0 Å². The zero-order valence-electron chi connectivity index (χ0n) is 13.7. The predicted molar refractivity (Wildman–Crippen MR) is 79.9 cm³/mol. The first-order chi connectivity index (χ1) is 9.21. The van der Waals surface area contributed by atoms with Crippen LogP contribution in [0.1, 0.15) is 57.6 Å². The van der Waals surface area contributed by atoms with Crippen molar-refractivity contribution in [1.29, 1.82) is 0 Å². The Balaban J connectivity index is 1.79. The summed E-state index contributed by atoms with van der Waals surface area (Å²) >= 11 is 0. The number of nitrogens with zero attached hydrogens (tertiary/aromatic N) is 1. The van der Waals surface area contributed by atoms with Crippen LogP contribution >= 0.6 is 0 Å². The zero-order valence-corrected chi connectivity index (χ0v) is 13.7. The zero-order chi connectivity index (χ0) is 15.0. The third-order valence-corrected chi connectivity index (χ3v) is 4.25. The SMILES string of the molecule is Cc1noc(C)c1CCCN[C@@H]1CC(C)(C)OC1(C)C. The highest BCUT2D eigenvalue weighted by Crippen LogP contribution is 2.37. The van der Waals surface area contributed by atoms with Crippen LogP contribution in [0.3, 0.4) is 0 Å². The van der Waals surface area contributed by atoms with E-state index in [1.807, 2.05) is 13.8 Å². The van der Waals surface area contributed by atoms with Crippen LogP contribution in [0.5, 0.6) is 0 Å². The smallest absolute Gasteiger partial charge is 0.137 e. The molecule has 0 aromatic carbocycles. The molecule has 114 valence electrons. The van der Waals surface area contributed by atoms with E-state index in [9.17, 15) is 0 Å². The quantitative estimate of drug-likeness (QED) is 0.842. The van der Waals surface area contributed by atoms with E-state index in [0.717, 1.165) is 37.3 Å². The van der Waals surface area contributed by atoms with E-state index < -0.39 is 0 Å².